The van der Waals surface area contributed by atoms with E-state index in [1.807, 2.05) is 0 Å². The van der Waals surface area contributed by atoms with E-state index in [2.05, 4.69) is 0 Å². The van der Waals surface area contributed by atoms with E-state index in [9.17, 15) is 91.9 Å². The van der Waals surface area contributed by atoms with Gasteiger partial charge < -0.3 is 153 Å². The quantitative estimate of drug-likeness (QED) is 0.100. The predicted octanol–water partition coefficient (Wildman–Crippen LogP) is -12.3. The van der Waals surface area contributed by atoms with Crippen LogP contribution in [0.3, 0.4) is 0 Å². The third-order valence-corrected chi connectivity index (χ3v) is 13.1. The minimum absolute atomic E-state index is 0.753. The van der Waals surface area contributed by atoms with Crippen molar-refractivity contribution in [1.29, 1.82) is 0 Å². The Labute approximate surface area is 396 Å². The highest BCUT2D eigenvalue weighted by Gasteiger charge is 2.59. The molecule has 0 radical (unpaired) electrons. The van der Waals surface area contributed by atoms with Gasteiger partial charge in [0.15, 0.2) is 44.0 Å². The van der Waals surface area contributed by atoms with Gasteiger partial charge in [-0.2, -0.15) is 0 Å². The van der Waals surface area contributed by atoms with Crippen LogP contribution in [0.4, 0.5) is 0 Å². The number of rotatable bonds is 8. The van der Waals surface area contributed by atoms with Crippen molar-refractivity contribution in [2.24, 2.45) is 0 Å². The lowest BCUT2D eigenvalue weighted by atomic mass is 9.94. The molecule has 22 saturated heterocycles. The highest BCUT2D eigenvalue weighted by molar-refractivity contribution is 5.01. The maximum atomic E-state index is 11.5. The minimum atomic E-state index is -2.22. The van der Waals surface area contributed by atoms with Crippen molar-refractivity contribution < 1.29 is 153 Å². The van der Waals surface area contributed by atoms with Gasteiger partial charge >= 0.3 is 0 Å². The lowest BCUT2D eigenvalue weighted by Gasteiger charge is -2.51. The standard InChI is InChI=1S/C39H66O31/c1-8(2)58-33(57)32-31-19(50)25(56)39(70-32)68-30-13(7-44)62-37(23(54)17(30)48)66-28-11(5-42)60-35(21(52)15(28)46)64-26-9(3-40)59-34(20(51)14(26)45)65-27-10(4-41)61-36(22(53)16(27)47)67-29-12(6-43)63-38(69-31)24(55)18(29)49/h8-57H,3-7H2,1-2H3/t9?,10?,11?,12?,13?,14-,15-,16-,17-,18-,19-,20-,21-,22-,23-,24-,25-,26-,27-,28-,29-,30-,31+,32?,33?,34-,35-,36-,37-,38-,39+/m1/s1. The zero-order valence-corrected chi connectivity index (χ0v) is 37.4. The van der Waals surface area contributed by atoms with E-state index in [4.69, 9.17) is 61.6 Å². The molecule has 7 unspecified atom stereocenters. The fourth-order valence-corrected chi connectivity index (χ4v) is 9.31. The number of hydrogen-bond donors (Lipinski definition) is 18. The van der Waals surface area contributed by atoms with E-state index in [1.165, 1.54) is 13.8 Å². The average Bonchev–Trinajstić information content (AvgIpc) is 3.33. The Morgan fingerprint density at radius 2 is 0.500 bits per heavy atom. The third-order valence-electron chi connectivity index (χ3n) is 13.1. The Bertz CT molecular complexity index is 1610. The molecule has 18 N–H and O–H groups in total. The summed E-state index contributed by atoms with van der Waals surface area (Å²) in [6, 6.07) is 0. The summed E-state index contributed by atoms with van der Waals surface area (Å²) in [5, 5.41) is 198. The van der Waals surface area contributed by atoms with E-state index in [0.717, 1.165) is 0 Å². The smallest absolute Gasteiger partial charge is 0.187 e. The molecule has 408 valence electrons. The first-order valence-electron chi connectivity index (χ1n) is 22.6. The van der Waals surface area contributed by atoms with Gasteiger partial charge in [0.1, 0.15) is 146 Å². The summed E-state index contributed by atoms with van der Waals surface area (Å²) in [5.41, 5.74) is 0. The third kappa shape index (κ3) is 11.2. The molecule has 31 nitrogen and oxygen atoms in total. The van der Waals surface area contributed by atoms with Crippen molar-refractivity contribution in [3.05, 3.63) is 0 Å². The Morgan fingerprint density at radius 3 is 0.714 bits per heavy atom. The van der Waals surface area contributed by atoms with Crippen molar-refractivity contribution in [2.75, 3.05) is 33.0 Å². The monoisotopic (exact) mass is 1030 g/mol. The normalized spacial score (nSPS) is 53.4. The molecule has 22 rings (SSSR count). The molecule has 0 spiro atoms. The molecule has 31 atom stereocenters. The topological polar surface area (TPSA) is 484 Å². The van der Waals surface area contributed by atoms with E-state index in [1.54, 1.807) is 0 Å². The molecule has 22 aliphatic heterocycles. The van der Waals surface area contributed by atoms with Gasteiger partial charge in [0.2, 0.25) is 0 Å². The predicted molar refractivity (Wildman–Crippen MR) is 211 cm³/mol. The average molecular weight is 1030 g/mol. The molecule has 0 aromatic rings. The molecule has 0 aromatic carbocycles. The van der Waals surface area contributed by atoms with Crippen LogP contribution in [0.15, 0.2) is 0 Å². The van der Waals surface area contributed by atoms with Crippen LogP contribution in [0, 0.1) is 0 Å². The van der Waals surface area contributed by atoms with Crippen LogP contribution in [0.25, 0.3) is 0 Å². The zero-order chi connectivity index (χ0) is 51.2. The Morgan fingerprint density at radius 1 is 0.300 bits per heavy atom. The van der Waals surface area contributed by atoms with Gasteiger partial charge in [-0.15, -0.1) is 0 Å². The summed E-state index contributed by atoms with van der Waals surface area (Å²) in [7, 11) is 0. The van der Waals surface area contributed by atoms with Crippen molar-refractivity contribution in [1.82, 2.24) is 0 Å². The van der Waals surface area contributed by atoms with Gasteiger partial charge in [0.05, 0.1) is 39.1 Å². The largest absolute Gasteiger partial charge is 0.394 e. The Balaban J connectivity index is 1.22. The van der Waals surface area contributed by atoms with Crippen LogP contribution in [0.2, 0.25) is 0 Å². The SMILES string of the molecule is CC(C)OC(O)C1O[C@@H]2O[C@@H]3C(CO)O[C@H](O[C@@H]4C(CO)O[C@H](O[C@@H]5C(CO)O[C@H](O[C@@H]6C(CO)O[C@H](O[C@@H]7C(CO)O[C@H](O[C@H]1[C@H](O)[C@H]2O)[C@H](O)[C@H]7O)[C@H](O)[C@H]6O)[C@H](O)[C@H]5O)[C@H](O)[C@H]4O)[C@H](O)[C@H]3O. The van der Waals surface area contributed by atoms with Crippen LogP contribution < -0.4 is 0 Å². The second-order valence-corrected chi connectivity index (χ2v) is 18.2. The van der Waals surface area contributed by atoms with E-state index >= 15 is 0 Å². The van der Waals surface area contributed by atoms with Gasteiger partial charge in [-0.05, 0) is 13.8 Å². The molecular formula is C39H66O31. The summed E-state index contributed by atoms with van der Waals surface area (Å²) in [6.07, 6.45) is -62.7. The fraction of sp³-hybridized carbons (Fsp3) is 1.00. The molecular weight excluding hydrogens is 964 g/mol. The Kier molecular flexibility index (Phi) is 19.2. The van der Waals surface area contributed by atoms with Crippen molar-refractivity contribution in [2.45, 2.75) is 210 Å². The number of aliphatic hydroxyl groups is 18. The minimum Gasteiger partial charge on any atom is -0.394 e. The van der Waals surface area contributed by atoms with Crippen LogP contribution >= 0.6 is 0 Å². The number of hydrogen-bond acceptors (Lipinski definition) is 31. The van der Waals surface area contributed by atoms with Gasteiger partial charge in [-0.1, -0.05) is 0 Å². The molecule has 12 bridgehead atoms. The van der Waals surface area contributed by atoms with Crippen LogP contribution in [-0.4, -0.2) is 322 Å². The first-order valence-corrected chi connectivity index (χ1v) is 22.6. The van der Waals surface area contributed by atoms with Gasteiger partial charge in [-0.25, -0.2) is 0 Å². The first kappa shape index (κ1) is 56.5. The van der Waals surface area contributed by atoms with Crippen molar-refractivity contribution in [3.8, 4) is 0 Å². The summed E-state index contributed by atoms with van der Waals surface area (Å²) in [6.45, 7) is -2.10. The summed E-state index contributed by atoms with van der Waals surface area (Å²) < 4.78 is 74.0. The molecule has 0 amide bonds. The highest BCUT2D eigenvalue weighted by Crippen LogP contribution is 2.38. The van der Waals surface area contributed by atoms with Crippen molar-refractivity contribution >= 4 is 0 Å². The maximum absolute atomic E-state index is 11.5. The summed E-state index contributed by atoms with van der Waals surface area (Å²) in [5.74, 6) is 0. The molecule has 0 aliphatic carbocycles. The zero-order valence-electron chi connectivity index (χ0n) is 37.4. The van der Waals surface area contributed by atoms with Gasteiger partial charge in [0.25, 0.3) is 0 Å². The van der Waals surface area contributed by atoms with Crippen molar-refractivity contribution in [3.63, 3.8) is 0 Å². The molecule has 31 heteroatoms. The van der Waals surface area contributed by atoms with Gasteiger partial charge in [-0.3, -0.25) is 0 Å². The fourth-order valence-electron chi connectivity index (χ4n) is 9.31. The number of ether oxygens (including phenoxy) is 13. The second-order valence-electron chi connectivity index (χ2n) is 18.2. The molecule has 70 heavy (non-hydrogen) atoms. The van der Waals surface area contributed by atoms with E-state index < -0.39 is 230 Å². The molecule has 22 aliphatic rings. The lowest BCUT2D eigenvalue weighted by Crippen LogP contribution is -2.69. The number of aliphatic hydroxyl groups excluding tert-OH is 18. The Hall–Kier alpha value is -1.24. The van der Waals surface area contributed by atoms with Crippen LogP contribution in [0.5, 0.6) is 0 Å². The molecule has 22 fully saturated rings. The summed E-state index contributed by atoms with van der Waals surface area (Å²) >= 11 is 0. The molecule has 22 heterocycles. The lowest BCUT2D eigenvalue weighted by molar-refractivity contribution is -0.409. The van der Waals surface area contributed by atoms with E-state index in [-0.39, 0.29) is 0 Å². The summed E-state index contributed by atoms with van der Waals surface area (Å²) in [4.78, 5) is 0. The van der Waals surface area contributed by atoms with Crippen LogP contribution in [0.1, 0.15) is 13.8 Å². The highest BCUT2D eigenvalue weighted by atomic mass is 16.8. The van der Waals surface area contributed by atoms with Crippen LogP contribution in [-0.2, 0) is 61.6 Å². The maximum Gasteiger partial charge on any atom is 0.187 e. The van der Waals surface area contributed by atoms with E-state index in [0.29, 0.717) is 0 Å². The second kappa shape index (κ2) is 23.8. The van der Waals surface area contributed by atoms with Gasteiger partial charge in [0, 0.05) is 0 Å². The molecule has 0 saturated carbocycles. The molecule has 0 aromatic heterocycles. The first-order chi connectivity index (χ1) is 33.2.